The van der Waals surface area contributed by atoms with Gasteiger partial charge in [0.25, 0.3) is 0 Å². The minimum absolute atomic E-state index is 0.427. The van der Waals surface area contributed by atoms with Crippen molar-refractivity contribution in [1.82, 2.24) is 0 Å². The van der Waals surface area contributed by atoms with Crippen molar-refractivity contribution >= 4 is 11.6 Å². The van der Waals surface area contributed by atoms with E-state index in [0.29, 0.717) is 5.75 Å². The fourth-order valence-corrected chi connectivity index (χ4v) is 2.18. The monoisotopic (exact) mass is 284 g/mol. The minimum Gasteiger partial charge on any atom is -0.495 e. The van der Waals surface area contributed by atoms with E-state index in [-0.39, 0.29) is 0 Å². The number of primary amides is 1. The van der Waals surface area contributed by atoms with Crippen LogP contribution in [-0.2, 0) is 4.79 Å². The maximum absolute atomic E-state index is 11.8. The van der Waals surface area contributed by atoms with Crippen LogP contribution in [0.25, 0.3) is 0 Å². The SMILES string of the molecule is COc1ccccc1NC(C(N)=O)c1ccc(C)c(C)c1. The van der Waals surface area contributed by atoms with E-state index in [1.54, 1.807) is 7.11 Å². The molecule has 0 aliphatic carbocycles. The summed E-state index contributed by atoms with van der Waals surface area (Å²) in [5.74, 6) is 0.247. The molecule has 2 aromatic carbocycles. The fraction of sp³-hybridized carbons (Fsp3) is 0.235. The molecule has 4 nitrogen and oxygen atoms in total. The molecule has 1 amide bonds. The molecule has 0 fully saturated rings. The van der Waals surface area contributed by atoms with E-state index in [4.69, 9.17) is 10.5 Å². The summed E-state index contributed by atoms with van der Waals surface area (Å²) in [5, 5.41) is 3.16. The number of hydrogen-bond donors (Lipinski definition) is 2. The highest BCUT2D eigenvalue weighted by Gasteiger charge is 2.19. The summed E-state index contributed by atoms with van der Waals surface area (Å²) >= 11 is 0. The van der Waals surface area contributed by atoms with Crippen molar-refractivity contribution < 1.29 is 9.53 Å². The number of methoxy groups -OCH3 is 1. The number of rotatable bonds is 5. The Kier molecular flexibility index (Phi) is 4.48. The van der Waals surface area contributed by atoms with Gasteiger partial charge in [0.1, 0.15) is 11.8 Å². The Labute approximate surface area is 124 Å². The zero-order chi connectivity index (χ0) is 15.4. The first-order valence-electron chi connectivity index (χ1n) is 6.79. The molecule has 0 aromatic heterocycles. The van der Waals surface area contributed by atoms with Crippen molar-refractivity contribution in [2.45, 2.75) is 19.9 Å². The third-order valence-corrected chi connectivity index (χ3v) is 3.56. The number of carbonyl (C=O) groups excluding carboxylic acids is 1. The molecule has 0 radical (unpaired) electrons. The van der Waals surface area contributed by atoms with Crippen LogP contribution in [-0.4, -0.2) is 13.0 Å². The third kappa shape index (κ3) is 3.34. The number of para-hydroxylation sites is 2. The van der Waals surface area contributed by atoms with Crippen molar-refractivity contribution in [3.05, 3.63) is 59.2 Å². The number of hydrogen-bond acceptors (Lipinski definition) is 3. The lowest BCUT2D eigenvalue weighted by atomic mass is 10.0. The zero-order valence-corrected chi connectivity index (χ0v) is 12.5. The van der Waals surface area contributed by atoms with Crippen LogP contribution in [0.3, 0.4) is 0 Å². The Hall–Kier alpha value is -2.49. The van der Waals surface area contributed by atoms with Crippen molar-refractivity contribution in [2.75, 3.05) is 12.4 Å². The molecule has 2 aromatic rings. The number of amides is 1. The zero-order valence-electron chi connectivity index (χ0n) is 12.5. The first-order chi connectivity index (χ1) is 10.0. The second-order valence-corrected chi connectivity index (χ2v) is 5.02. The van der Waals surface area contributed by atoms with E-state index < -0.39 is 11.9 Å². The standard InChI is InChI=1S/C17H20N2O2/c1-11-8-9-13(10-12(11)2)16(17(18)20)19-14-6-4-5-7-15(14)21-3/h4-10,16,19H,1-3H3,(H2,18,20). The largest absolute Gasteiger partial charge is 0.495 e. The molecule has 21 heavy (non-hydrogen) atoms. The third-order valence-electron chi connectivity index (χ3n) is 3.56. The van der Waals surface area contributed by atoms with Gasteiger partial charge >= 0.3 is 0 Å². The van der Waals surface area contributed by atoms with Crippen LogP contribution >= 0.6 is 0 Å². The summed E-state index contributed by atoms with van der Waals surface area (Å²) in [6.07, 6.45) is 0. The Morgan fingerprint density at radius 2 is 1.86 bits per heavy atom. The number of aryl methyl sites for hydroxylation is 2. The molecule has 3 N–H and O–H groups in total. The van der Waals surface area contributed by atoms with Gasteiger partial charge in [0.05, 0.1) is 12.8 Å². The molecule has 2 rings (SSSR count). The van der Waals surface area contributed by atoms with Gasteiger partial charge in [-0.05, 0) is 42.7 Å². The fourth-order valence-electron chi connectivity index (χ4n) is 2.18. The maximum atomic E-state index is 11.8. The smallest absolute Gasteiger partial charge is 0.244 e. The lowest BCUT2D eigenvalue weighted by Gasteiger charge is -2.19. The van der Waals surface area contributed by atoms with E-state index >= 15 is 0 Å². The van der Waals surface area contributed by atoms with Gasteiger partial charge in [-0.2, -0.15) is 0 Å². The molecule has 0 saturated heterocycles. The van der Waals surface area contributed by atoms with Crippen LogP contribution in [0.4, 0.5) is 5.69 Å². The predicted octanol–water partition coefficient (Wildman–Crippen LogP) is 2.95. The van der Waals surface area contributed by atoms with Crippen molar-refractivity contribution in [2.24, 2.45) is 5.73 Å². The maximum Gasteiger partial charge on any atom is 0.244 e. The lowest BCUT2D eigenvalue weighted by Crippen LogP contribution is -2.28. The van der Waals surface area contributed by atoms with Crippen LogP contribution in [0.15, 0.2) is 42.5 Å². The lowest BCUT2D eigenvalue weighted by molar-refractivity contribution is -0.118. The van der Waals surface area contributed by atoms with Crippen LogP contribution in [0, 0.1) is 13.8 Å². The summed E-state index contributed by atoms with van der Waals surface area (Å²) in [4.78, 5) is 11.8. The molecule has 0 aliphatic heterocycles. The van der Waals surface area contributed by atoms with Gasteiger partial charge in [-0.1, -0.05) is 30.3 Å². The Morgan fingerprint density at radius 1 is 1.14 bits per heavy atom. The van der Waals surface area contributed by atoms with Gasteiger partial charge in [0.15, 0.2) is 0 Å². The second kappa shape index (κ2) is 6.31. The molecular formula is C17H20N2O2. The normalized spacial score (nSPS) is 11.8. The van der Waals surface area contributed by atoms with Crippen LogP contribution < -0.4 is 15.8 Å². The summed E-state index contributed by atoms with van der Waals surface area (Å²) in [6.45, 7) is 4.05. The Balaban J connectivity index is 2.35. The predicted molar refractivity (Wildman–Crippen MR) is 84.5 cm³/mol. The van der Waals surface area contributed by atoms with Crippen LogP contribution in [0.5, 0.6) is 5.75 Å². The first-order valence-corrected chi connectivity index (χ1v) is 6.79. The topological polar surface area (TPSA) is 64.3 Å². The number of ether oxygens (including phenoxy) is 1. The van der Waals surface area contributed by atoms with Gasteiger partial charge in [-0.3, -0.25) is 4.79 Å². The van der Waals surface area contributed by atoms with E-state index in [9.17, 15) is 4.79 Å². The molecule has 110 valence electrons. The van der Waals surface area contributed by atoms with Crippen LogP contribution in [0.1, 0.15) is 22.7 Å². The van der Waals surface area contributed by atoms with Crippen molar-refractivity contribution in [3.63, 3.8) is 0 Å². The molecular weight excluding hydrogens is 264 g/mol. The van der Waals surface area contributed by atoms with Gasteiger partial charge in [0, 0.05) is 0 Å². The van der Waals surface area contributed by atoms with Crippen LogP contribution in [0.2, 0.25) is 0 Å². The summed E-state index contributed by atoms with van der Waals surface area (Å²) < 4.78 is 5.29. The summed E-state index contributed by atoms with van der Waals surface area (Å²) in [6, 6.07) is 12.7. The Bertz CT molecular complexity index is 653. The van der Waals surface area contributed by atoms with Crippen molar-refractivity contribution in [3.8, 4) is 5.75 Å². The number of nitrogens with two attached hydrogens (primary N) is 1. The highest BCUT2D eigenvalue weighted by Crippen LogP contribution is 2.28. The van der Waals surface area contributed by atoms with E-state index in [2.05, 4.69) is 5.32 Å². The molecule has 4 heteroatoms. The number of benzene rings is 2. The molecule has 0 bridgehead atoms. The number of nitrogens with one attached hydrogen (secondary N) is 1. The van der Waals surface area contributed by atoms with Gasteiger partial charge < -0.3 is 15.8 Å². The molecule has 1 unspecified atom stereocenters. The van der Waals surface area contributed by atoms with E-state index in [1.807, 2.05) is 56.3 Å². The van der Waals surface area contributed by atoms with E-state index in [1.165, 1.54) is 5.56 Å². The first kappa shape index (κ1) is 14.9. The average molecular weight is 284 g/mol. The van der Waals surface area contributed by atoms with Gasteiger partial charge in [-0.25, -0.2) is 0 Å². The molecule has 0 aliphatic rings. The number of anilines is 1. The summed E-state index contributed by atoms with van der Waals surface area (Å²) in [7, 11) is 1.59. The summed E-state index contributed by atoms with van der Waals surface area (Å²) in [5.41, 5.74) is 9.44. The van der Waals surface area contributed by atoms with Gasteiger partial charge in [-0.15, -0.1) is 0 Å². The quantitative estimate of drug-likeness (QED) is 0.887. The molecule has 1 atom stereocenters. The second-order valence-electron chi connectivity index (χ2n) is 5.02. The highest BCUT2D eigenvalue weighted by molar-refractivity contribution is 5.85. The minimum atomic E-state index is -0.597. The molecule has 0 spiro atoms. The molecule has 0 saturated carbocycles. The highest BCUT2D eigenvalue weighted by atomic mass is 16.5. The average Bonchev–Trinajstić information content (AvgIpc) is 2.48. The number of carbonyl (C=O) groups is 1. The molecule has 0 heterocycles. The van der Waals surface area contributed by atoms with Crippen molar-refractivity contribution in [1.29, 1.82) is 0 Å². The van der Waals surface area contributed by atoms with Gasteiger partial charge in [0.2, 0.25) is 5.91 Å². The Morgan fingerprint density at radius 3 is 2.48 bits per heavy atom. The van der Waals surface area contributed by atoms with E-state index in [0.717, 1.165) is 16.8 Å².